The summed E-state index contributed by atoms with van der Waals surface area (Å²) in [7, 11) is 0. The molecule has 0 unspecified atom stereocenters. The second-order valence-corrected chi connectivity index (χ2v) is 7.77. The summed E-state index contributed by atoms with van der Waals surface area (Å²) in [6, 6.07) is 7.38. The van der Waals surface area contributed by atoms with Gasteiger partial charge >= 0.3 is 0 Å². The number of aliphatic imine (C=N–C) groups is 1. The Bertz CT molecular complexity index is 941. The van der Waals surface area contributed by atoms with E-state index >= 15 is 0 Å². The quantitative estimate of drug-likeness (QED) is 0.339. The first-order valence-electron chi connectivity index (χ1n) is 8.11. The molecule has 0 atom stereocenters. The summed E-state index contributed by atoms with van der Waals surface area (Å²) in [4.78, 5) is 21.3. The molecular weight excluding hydrogens is 364 g/mol. The van der Waals surface area contributed by atoms with Gasteiger partial charge in [0.05, 0.1) is 4.88 Å². The zero-order valence-electron chi connectivity index (χ0n) is 14.4. The fourth-order valence-electron chi connectivity index (χ4n) is 2.42. The third-order valence-electron chi connectivity index (χ3n) is 3.74. The van der Waals surface area contributed by atoms with Crippen molar-refractivity contribution in [2.45, 2.75) is 19.8 Å². The number of allylic oxidation sites excluding steroid dienone is 1. The average Bonchev–Trinajstić information content (AvgIpc) is 3.32. The maximum Gasteiger partial charge on any atom is 0.209 e. The third-order valence-corrected chi connectivity index (χ3v) is 5.30. The molecule has 1 aromatic carbocycles. The van der Waals surface area contributed by atoms with Crippen molar-refractivity contribution in [3.63, 3.8) is 0 Å². The molecular formula is C20H18N2O2S2. The molecule has 0 amide bonds. The van der Waals surface area contributed by atoms with Crippen LogP contribution in [-0.2, 0) is 0 Å². The van der Waals surface area contributed by atoms with Crippen molar-refractivity contribution in [3.8, 4) is 5.75 Å². The van der Waals surface area contributed by atoms with Gasteiger partial charge < -0.3 is 5.11 Å². The molecule has 6 heteroatoms. The number of nitrogens with zero attached hydrogens (tertiary/aromatic N) is 2. The minimum atomic E-state index is -0.0304. The molecule has 0 saturated carbocycles. The number of phenols is 1. The predicted molar refractivity (Wildman–Crippen MR) is 109 cm³/mol. The summed E-state index contributed by atoms with van der Waals surface area (Å²) < 4.78 is 0. The lowest BCUT2D eigenvalue weighted by molar-refractivity contribution is 0.105. The van der Waals surface area contributed by atoms with Gasteiger partial charge in [-0.05, 0) is 46.7 Å². The molecule has 2 aromatic heterocycles. The summed E-state index contributed by atoms with van der Waals surface area (Å²) in [6.45, 7) is 4.03. The minimum Gasteiger partial charge on any atom is -0.507 e. The van der Waals surface area contributed by atoms with Crippen molar-refractivity contribution in [1.29, 1.82) is 0 Å². The van der Waals surface area contributed by atoms with Gasteiger partial charge in [0.15, 0.2) is 5.78 Å². The summed E-state index contributed by atoms with van der Waals surface area (Å²) in [5.41, 5.74) is 2.27. The van der Waals surface area contributed by atoms with Crippen LogP contribution in [-0.4, -0.2) is 22.1 Å². The third kappa shape index (κ3) is 4.33. The normalized spacial score (nSPS) is 11.8. The van der Waals surface area contributed by atoms with Crippen molar-refractivity contribution in [1.82, 2.24) is 4.98 Å². The van der Waals surface area contributed by atoms with Crippen LogP contribution in [0, 0.1) is 0 Å². The van der Waals surface area contributed by atoms with Gasteiger partial charge in [-0.2, -0.15) is 0 Å². The smallest absolute Gasteiger partial charge is 0.209 e. The molecule has 0 aliphatic carbocycles. The van der Waals surface area contributed by atoms with Crippen LogP contribution in [0.1, 0.15) is 46.1 Å². The first-order valence-corrected chi connectivity index (χ1v) is 9.87. The maximum absolute atomic E-state index is 12.2. The zero-order valence-corrected chi connectivity index (χ0v) is 16.1. The topological polar surface area (TPSA) is 62.5 Å². The summed E-state index contributed by atoms with van der Waals surface area (Å²) >= 11 is 2.85. The molecule has 2 heterocycles. The predicted octanol–water partition coefficient (Wildman–Crippen LogP) is 5.68. The van der Waals surface area contributed by atoms with E-state index in [1.165, 1.54) is 22.7 Å². The number of aromatic hydroxyl groups is 1. The largest absolute Gasteiger partial charge is 0.507 e. The SMILES string of the molecule is CC(C)c1cc(/C=C/C(=O)c2cccs2)cc(C=Nc2nccs2)c1O. The van der Waals surface area contributed by atoms with Gasteiger partial charge in [0.2, 0.25) is 5.13 Å². The van der Waals surface area contributed by atoms with Crippen molar-refractivity contribution < 1.29 is 9.90 Å². The average molecular weight is 383 g/mol. The van der Waals surface area contributed by atoms with E-state index in [1.807, 2.05) is 42.8 Å². The second-order valence-electron chi connectivity index (χ2n) is 5.95. The van der Waals surface area contributed by atoms with Gasteiger partial charge in [0.1, 0.15) is 5.75 Å². The van der Waals surface area contributed by atoms with E-state index in [1.54, 1.807) is 30.6 Å². The van der Waals surface area contributed by atoms with E-state index in [0.717, 1.165) is 11.1 Å². The molecule has 0 fully saturated rings. The van der Waals surface area contributed by atoms with Gasteiger partial charge in [0, 0.05) is 23.4 Å². The first kappa shape index (κ1) is 18.2. The van der Waals surface area contributed by atoms with Crippen molar-refractivity contribution in [2.24, 2.45) is 4.99 Å². The Hall–Kier alpha value is -2.57. The second kappa shape index (κ2) is 8.21. The van der Waals surface area contributed by atoms with Crippen molar-refractivity contribution >= 4 is 45.9 Å². The fraction of sp³-hybridized carbons (Fsp3) is 0.150. The highest BCUT2D eigenvalue weighted by atomic mass is 32.1. The Morgan fingerprint density at radius 2 is 2.12 bits per heavy atom. The number of carbonyl (C=O) groups is 1. The van der Waals surface area contributed by atoms with E-state index in [9.17, 15) is 9.90 Å². The molecule has 0 radical (unpaired) electrons. The molecule has 3 aromatic rings. The highest BCUT2D eigenvalue weighted by Crippen LogP contribution is 2.31. The summed E-state index contributed by atoms with van der Waals surface area (Å²) in [6.07, 6.45) is 6.63. The number of hydrogen-bond acceptors (Lipinski definition) is 6. The Kier molecular flexibility index (Phi) is 5.75. The lowest BCUT2D eigenvalue weighted by Crippen LogP contribution is -1.95. The number of phenolic OH excluding ortho intramolecular Hbond substituents is 1. The standard InChI is InChI=1S/C20H18N2O2S2/c1-13(2)16-11-14(5-6-17(23)18-4-3-8-25-18)10-15(19(16)24)12-22-20-21-7-9-26-20/h3-13,24H,1-2H3/b6-5+,22-12?. The number of hydrogen-bond donors (Lipinski definition) is 1. The number of carbonyl (C=O) groups excluding carboxylic acids is 1. The van der Waals surface area contributed by atoms with Gasteiger partial charge in [-0.15, -0.1) is 22.7 Å². The number of rotatable bonds is 6. The van der Waals surface area contributed by atoms with Crippen LogP contribution in [0.5, 0.6) is 5.75 Å². The monoisotopic (exact) mass is 382 g/mol. The molecule has 0 spiro atoms. The molecule has 0 bridgehead atoms. The number of ketones is 1. The molecule has 0 aliphatic heterocycles. The van der Waals surface area contributed by atoms with Crippen LogP contribution >= 0.6 is 22.7 Å². The summed E-state index contributed by atoms with van der Waals surface area (Å²) in [5.74, 6) is 0.322. The van der Waals surface area contributed by atoms with E-state index in [2.05, 4.69) is 9.98 Å². The molecule has 0 aliphatic rings. The van der Waals surface area contributed by atoms with Crippen LogP contribution < -0.4 is 0 Å². The zero-order chi connectivity index (χ0) is 18.5. The highest BCUT2D eigenvalue weighted by Gasteiger charge is 2.12. The van der Waals surface area contributed by atoms with Gasteiger partial charge in [-0.25, -0.2) is 9.98 Å². The number of aromatic nitrogens is 1. The maximum atomic E-state index is 12.2. The lowest BCUT2D eigenvalue weighted by Gasteiger charge is -2.12. The Morgan fingerprint density at radius 1 is 1.27 bits per heavy atom. The van der Waals surface area contributed by atoms with Crippen molar-refractivity contribution in [3.05, 3.63) is 68.9 Å². The Morgan fingerprint density at radius 3 is 2.77 bits per heavy atom. The fourth-order valence-corrected chi connectivity index (χ4v) is 3.54. The van der Waals surface area contributed by atoms with Crippen LogP contribution in [0.2, 0.25) is 0 Å². The van der Waals surface area contributed by atoms with E-state index < -0.39 is 0 Å². The number of thiazole rings is 1. The van der Waals surface area contributed by atoms with E-state index in [-0.39, 0.29) is 17.5 Å². The Labute approximate surface area is 160 Å². The van der Waals surface area contributed by atoms with E-state index in [4.69, 9.17) is 0 Å². The van der Waals surface area contributed by atoms with Gasteiger partial charge in [-0.3, -0.25) is 4.79 Å². The molecule has 1 N–H and O–H groups in total. The molecule has 4 nitrogen and oxygen atoms in total. The van der Waals surface area contributed by atoms with Crippen LogP contribution in [0.25, 0.3) is 6.08 Å². The van der Waals surface area contributed by atoms with E-state index in [0.29, 0.717) is 15.6 Å². The number of thiophene rings is 1. The van der Waals surface area contributed by atoms with Crippen LogP contribution in [0.3, 0.4) is 0 Å². The molecule has 0 saturated heterocycles. The lowest BCUT2D eigenvalue weighted by atomic mass is 9.96. The Balaban J connectivity index is 1.93. The van der Waals surface area contributed by atoms with Crippen LogP contribution in [0.4, 0.5) is 5.13 Å². The molecule has 132 valence electrons. The van der Waals surface area contributed by atoms with Crippen molar-refractivity contribution in [2.75, 3.05) is 0 Å². The highest BCUT2D eigenvalue weighted by molar-refractivity contribution is 7.13. The van der Waals surface area contributed by atoms with Crippen LogP contribution in [0.15, 0.2) is 52.3 Å². The minimum absolute atomic E-state index is 0.0304. The van der Waals surface area contributed by atoms with Gasteiger partial charge in [0.25, 0.3) is 0 Å². The number of benzene rings is 1. The first-order chi connectivity index (χ1) is 12.5. The molecule has 26 heavy (non-hydrogen) atoms. The van der Waals surface area contributed by atoms with Gasteiger partial charge in [-0.1, -0.05) is 26.0 Å². The molecule has 3 rings (SSSR count). The summed E-state index contributed by atoms with van der Waals surface area (Å²) in [5, 5.41) is 14.9.